The molecule has 0 atom stereocenters. The zero-order valence-corrected chi connectivity index (χ0v) is 12.6. The van der Waals surface area contributed by atoms with Gasteiger partial charge in [-0.05, 0) is 18.2 Å². The van der Waals surface area contributed by atoms with Crippen LogP contribution in [0.15, 0.2) is 36.5 Å². The van der Waals surface area contributed by atoms with Crippen molar-refractivity contribution in [3.8, 4) is 5.88 Å². The molecule has 1 amide bonds. The third-order valence-electron chi connectivity index (χ3n) is 3.66. The minimum atomic E-state index is -4.49. The lowest BCUT2D eigenvalue weighted by atomic mass is 10.1. The summed E-state index contributed by atoms with van der Waals surface area (Å²) in [5, 5.41) is 0. The lowest BCUT2D eigenvalue weighted by molar-refractivity contribution is -0.137. The van der Waals surface area contributed by atoms with Crippen LogP contribution in [0.4, 0.5) is 22.0 Å². The van der Waals surface area contributed by atoms with Gasteiger partial charge >= 0.3 is 6.18 Å². The SMILES string of the molecule is O=C(c1c(F)cccc1F)N1CC(Oc2ccc(C(F)(F)F)cn2)C1. The molecule has 0 bridgehead atoms. The van der Waals surface area contributed by atoms with Gasteiger partial charge in [0.2, 0.25) is 5.88 Å². The highest BCUT2D eigenvalue weighted by Crippen LogP contribution is 2.29. The van der Waals surface area contributed by atoms with Gasteiger partial charge in [0.15, 0.2) is 0 Å². The Labute approximate surface area is 138 Å². The summed E-state index contributed by atoms with van der Waals surface area (Å²) < 4.78 is 69.8. The number of benzene rings is 1. The highest BCUT2D eigenvalue weighted by molar-refractivity contribution is 5.95. The quantitative estimate of drug-likeness (QED) is 0.791. The number of rotatable bonds is 3. The summed E-state index contributed by atoms with van der Waals surface area (Å²) in [6.07, 6.45) is -4.36. The predicted octanol–water partition coefficient (Wildman–Crippen LogP) is 3.28. The number of ether oxygens (including phenoxy) is 1. The van der Waals surface area contributed by atoms with E-state index in [1.165, 1.54) is 4.90 Å². The molecule has 1 aliphatic heterocycles. The van der Waals surface area contributed by atoms with Gasteiger partial charge in [-0.2, -0.15) is 13.2 Å². The predicted molar refractivity (Wildman–Crippen MR) is 75.9 cm³/mol. The minimum absolute atomic E-state index is 0.0258. The smallest absolute Gasteiger partial charge is 0.417 e. The van der Waals surface area contributed by atoms with Crippen LogP contribution in [0.3, 0.4) is 0 Å². The number of alkyl halides is 3. The Morgan fingerprint density at radius 2 is 1.76 bits per heavy atom. The molecule has 0 saturated carbocycles. The zero-order chi connectivity index (χ0) is 18.2. The Kier molecular flexibility index (Phi) is 4.32. The second-order valence-corrected chi connectivity index (χ2v) is 5.43. The molecular weight excluding hydrogens is 347 g/mol. The van der Waals surface area contributed by atoms with Gasteiger partial charge in [0.25, 0.3) is 5.91 Å². The number of aromatic nitrogens is 1. The highest BCUT2D eigenvalue weighted by atomic mass is 19.4. The van der Waals surface area contributed by atoms with Gasteiger partial charge < -0.3 is 9.64 Å². The lowest BCUT2D eigenvalue weighted by Gasteiger charge is -2.38. The summed E-state index contributed by atoms with van der Waals surface area (Å²) in [5.41, 5.74) is -1.55. The van der Waals surface area contributed by atoms with E-state index in [9.17, 15) is 26.7 Å². The number of hydrogen-bond donors (Lipinski definition) is 0. The molecule has 1 aromatic carbocycles. The third-order valence-corrected chi connectivity index (χ3v) is 3.66. The Morgan fingerprint density at radius 3 is 2.28 bits per heavy atom. The lowest BCUT2D eigenvalue weighted by Crippen LogP contribution is -2.56. The molecule has 1 aliphatic rings. The Balaban J connectivity index is 1.59. The molecule has 2 aromatic rings. The Hall–Kier alpha value is -2.71. The van der Waals surface area contributed by atoms with E-state index >= 15 is 0 Å². The molecule has 0 radical (unpaired) electrons. The first-order valence-electron chi connectivity index (χ1n) is 7.19. The molecule has 25 heavy (non-hydrogen) atoms. The molecule has 3 rings (SSSR count). The molecule has 9 heteroatoms. The second kappa shape index (κ2) is 6.30. The molecule has 0 aliphatic carbocycles. The number of nitrogens with zero attached hydrogens (tertiary/aromatic N) is 2. The van der Waals surface area contributed by atoms with Crippen molar-refractivity contribution in [1.29, 1.82) is 0 Å². The highest BCUT2D eigenvalue weighted by Gasteiger charge is 2.36. The van der Waals surface area contributed by atoms with Gasteiger partial charge in [-0.25, -0.2) is 13.8 Å². The van der Waals surface area contributed by atoms with Crippen LogP contribution in [0.5, 0.6) is 5.88 Å². The normalized spacial score (nSPS) is 15.0. The summed E-state index contributed by atoms with van der Waals surface area (Å²) in [6.45, 7) is 0.102. The van der Waals surface area contributed by atoms with Crippen LogP contribution in [0.2, 0.25) is 0 Å². The summed E-state index contributed by atoms with van der Waals surface area (Å²) in [5.74, 6) is -2.75. The summed E-state index contributed by atoms with van der Waals surface area (Å²) in [6, 6.07) is 5.02. The molecule has 2 heterocycles. The van der Waals surface area contributed by atoms with Gasteiger partial charge in [0, 0.05) is 12.3 Å². The van der Waals surface area contributed by atoms with Crippen LogP contribution in [-0.2, 0) is 6.18 Å². The fraction of sp³-hybridized carbons (Fsp3) is 0.250. The summed E-state index contributed by atoms with van der Waals surface area (Å²) in [7, 11) is 0. The van der Waals surface area contributed by atoms with E-state index < -0.39 is 40.9 Å². The van der Waals surface area contributed by atoms with Crippen LogP contribution >= 0.6 is 0 Å². The van der Waals surface area contributed by atoms with E-state index in [2.05, 4.69) is 4.98 Å². The van der Waals surface area contributed by atoms with Crippen LogP contribution in [0, 0.1) is 11.6 Å². The minimum Gasteiger partial charge on any atom is -0.471 e. The summed E-state index contributed by atoms with van der Waals surface area (Å²) >= 11 is 0. The largest absolute Gasteiger partial charge is 0.471 e. The van der Waals surface area contributed by atoms with Crippen LogP contribution in [0.1, 0.15) is 15.9 Å². The molecule has 0 spiro atoms. The molecule has 4 nitrogen and oxygen atoms in total. The first-order valence-corrected chi connectivity index (χ1v) is 7.19. The van der Waals surface area contributed by atoms with Crippen molar-refractivity contribution in [2.24, 2.45) is 0 Å². The van der Waals surface area contributed by atoms with Crippen molar-refractivity contribution in [2.75, 3.05) is 13.1 Å². The Morgan fingerprint density at radius 1 is 1.12 bits per heavy atom. The third kappa shape index (κ3) is 3.54. The van der Waals surface area contributed by atoms with Gasteiger partial charge in [-0.1, -0.05) is 6.07 Å². The average molecular weight is 358 g/mol. The molecule has 1 fully saturated rings. The van der Waals surface area contributed by atoms with Crippen molar-refractivity contribution in [1.82, 2.24) is 9.88 Å². The van der Waals surface area contributed by atoms with Crippen LogP contribution in [0.25, 0.3) is 0 Å². The molecule has 1 aromatic heterocycles. The van der Waals surface area contributed by atoms with Crippen molar-refractivity contribution in [2.45, 2.75) is 12.3 Å². The van der Waals surface area contributed by atoms with Crippen molar-refractivity contribution < 1.29 is 31.5 Å². The maximum atomic E-state index is 13.6. The molecule has 0 unspecified atom stereocenters. The van der Waals surface area contributed by atoms with E-state index in [1.54, 1.807) is 0 Å². The van der Waals surface area contributed by atoms with E-state index in [1.807, 2.05) is 0 Å². The average Bonchev–Trinajstić information content (AvgIpc) is 2.49. The van der Waals surface area contributed by atoms with Gasteiger partial charge in [-0.15, -0.1) is 0 Å². The topological polar surface area (TPSA) is 42.4 Å². The van der Waals surface area contributed by atoms with Crippen molar-refractivity contribution >= 4 is 5.91 Å². The van der Waals surface area contributed by atoms with E-state index in [4.69, 9.17) is 4.74 Å². The van der Waals surface area contributed by atoms with E-state index in [0.717, 1.165) is 30.3 Å². The molecule has 1 saturated heterocycles. The first-order chi connectivity index (χ1) is 11.8. The zero-order valence-electron chi connectivity index (χ0n) is 12.6. The van der Waals surface area contributed by atoms with Crippen LogP contribution < -0.4 is 4.74 Å². The molecular formula is C16H11F5N2O2. The fourth-order valence-corrected chi connectivity index (χ4v) is 2.33. The fourth-order valence-electron chi connectivity index (χ4n) is 2.33. The number of carbonyl (C=O) groups excluding carboxylic acids is 1. The standard InChI is InChI=1S/C16H11F5N2O2/c17-11-2-1-3-12(18)14(11)15(24)23-7-10(8-23)25-13-5-4-9(6-22-13)16(19,20)21/h1-6,10H,7-8H2. The molecule has 0 N–H and O–H groups in total. The Bertz CT molecular complexity index is 766. The van der Waals surface area contributed by atoms with Gasteiger partial charge in [-0.3, -0.25) is 4.79 Å². The molecule has 132 valence electrons. The maximum absolute atomic E-state index is 13.6. The monoisotopic (exact) mass is 358 g/mol. The summed E-state index contributed by atoms with van der Waals surface area (Å²) in [4.78, 5) is 16.8. The first kappa shape index (κ1) is 17.1. The number of pyridine rings is 1. The maximum Gasteiger partial charge on any atom is 0.417 e. The number of hydrogen-bond acceptors (Lipinski definition) is 3. The van der Waals surface area contributed by atoms with Crippen LogP contribution in [-0.4, -0.2) is 35.0 Å². The number of carbonyl (C=O) groups is 1. The number of amides is 1. The van der Waals surface area contributed by atoms with Gasteiger partial charge in [0.05, 0.1) is 18.7 Å². The van der Waals surface area contributed by atoms with E-state index in [-0.39, 0.29) is 19.0 Å². The van der Waals surface area contributed by atoms with E-state index in [0.29, 0.717) is 6.20 Å². The van der Waals surface area contributed by atoms with Gasteiger partial charge in [0.1, 0.15) is 23.3 Å². The number of likely N-dealkylation sites (tertiary alicyclic amines) is 1. The van der Waals surface area contributed by atoms with Crippen molar-refractivity contribution in [3.63, 3.8) is 0 Å². The second-order valence-electron chi connectivity index (χ2n) is 5.43. The number of halogens is 5. The van der Waals surface area contributed by atoms with Crippen molar-refractivity contribution in [3.05, 3.63) is 59.3 Å².